The first kappa shape index (κ1) is 30.1. The summed E-state index contributed by atoms with van der Waals surface area (Å²) in [5.74, 6) is -2.65. The lowest BCUT2D eigenvalue weighted by Gasteiger charge is -2.32. The Balaban J connectivity index is 1.60. The second-order valence-electron chi connectivity index (χ2n) is 9.37. The number of aryl methyl sites for hydroxylation is 2. The highest BCUT2D eigenvalue weighted by molar-refractivity contribution is 7.92. The van der Waals surface area contributed by atoms with Crippen LogP contribution in [0.25, 0.3) is 0 Å². The zero-order chi connectivity index (χ0) is 29.6. The number of imidazole rings is 1. The SMILES string of the molecule is C[C@H](c1ccc(F)cc1CCC(=O)NCCCn1ccnc1)N(c1cc(F)ccc1F)S(=O)(=O)c1ccc(Cl)cc1. The summed E-state index contributed by atoms with van der Waals surface area (Å²) in [6.45, 7) is 2.60. The first-order chi connectivity index (χ1) is 19.6. The average molecular weight is 605 g/mol. The van der Waals surface area contributed by atoms with Gasteiger partial charge >= 0.3 is 0 Å². The number of rotatable bonds is 12. The van der Waals surface area contributed by atoms with Gasteiger partial charge in [-0.3, -0.25) is 9.10 Å². The molecule has 12 heteroatoms. The minimum absolute atomic E-state index is 0.00646. The van der Waals surface area contributed by atoms with Crippen molar-refractivity contribution in [2.24, 2.45) is 0 Å². The molecule has 1 atom stereocenters. The molecule has 1 amide bonds. The third-order valence-corrected chi connectivity index (χ3v) is 8.67. The number of nitrogens with one attached hydrogen (secondary N) is 1. The minimum Gasteiger partial charge on any atom is -0.356 e. The molecule has 0 radical (unpaired) electrons. The van der Waals surface area contributed by atoms with Gasteiger partial charge in [0.2, 0.25) is 5.91 Å². The third kappa shape index (κ3) is 7.47. The highest BCUT2D eigenvalue weighted by Crippen LogP contribution is 2.37. The van der Waals surface area contributed by atoms with E-state index in [4.69, 9.17) is 11.6 Å². The molecule has 41 heavy (non-hydrogen) atoms. The maximum Gasteiger partial charge on any atom is 0.264 e. The monoisotopic (exact) mass is 604 g/mol. The molecule has 0 bridgehead atoms. The van der Waals surface area contributed by atoms with Gasteiger partial charge in [0.1, 0.15) is 17.5 Å². The van der Waals surface area contributed by atoms with Gasteiger partial charge in [0.15, 0.2) is 0 Å². The number of aromatic nitrogens is 2. The summed E-state index contributed by atoms with van der Waals surface area (Å²) in [5, 5.41) is 3.11. The van der Waals surface area contributed by atoms with Crippen molar-refractivity contribution >= 4 is 33.2 Å². The van der Waals surface area contributed by atoms with Gasteiger partial charge in [-0.05, 0) is 79.4 Å². The molecule has 0 spiro atoms. The lowest BCUT2D eigenvalue weighted by molar-refractivity contribution is -0.121. The molecule has 0 unspecified atom stereocenters. The topological polar surface area (TPSA) is 84.3 Å². The summed E-state index contributed by atoms with van der Waals surface area (Å²) in [6.07, 6.45) is 5.95. The Labute approximate surface area is 241 Å². The quantitative estimate of drug-likeness (QED) is 0.200. The van der Waals surface area contributed by atoms with Crippen molar-refractivity contribution in [3.63, 3.8) is 0 Å². The maximum absolute atomic E-state index is 15.1. The fraction of sp³-hybridized carbons (Fsp3) is 0.241. The average Bonchev–Trinajstić information content (AvgIpc) is 3.46. The van der Waals surface area contributed by atoms with Crippen molar-refractivity contribution in [1.82, 2.24) is 14.9 Å². The molecule has 1 aromatic heterocycles. The number of carbonyl (C=O) groups is 1. The van der Waals surface area contributed by atoms with Crippen LogP contribution < -0.4 is 9.62 Å². The molecule has 0 saturated heterocycles. The van der Waals surface area contributed by atoms with Crippen LogP contribution in [0.1, 0.15) is 36.9 Å². The predicted octanol–water partition coefficient (Wildman–Crippen LogP) is 6.05. The van der Waals surface area contributed by atoms with Crippen LogP contribution in [0.4, 0.5) is 18.9 Å². The largest absolute Gasteiger partial charge is 0.356 e. The van der Waals surface area contributed by atoms with E-state index in [1.807, 2.05) is 10.8 Å². The summed E-state index contributed by atoms with van der Waals surface area (Å²) < 4.78 is 74.0. The zero-order valence-electron chi connectivity index (χ0n) is 22.1. The van der Waals surface area contributed by atoms with Gasteiger partial charge in [-0.25, -0.2) is 26.6 Å². The Morgan fingerprint density at radius 3 is 2.46 bits per heavy atom. The van der Waals surface area contributed by atoms with Gasteiger partial charge in [0, 0.05) is 43.0 Å². The number of nitrogens with zero attached hydrogens (tertiary/aromatic N) is 3. The predicted molar refractivity (Wildman–Crippen MR) is 150 cm³/mol. The zero-order valence-corrected chi connectivity index (χ0v) is 23.7. The highest BCUT2D eigenvalue weighted by Gasteiger charge is 2.33. The van der Waals surface area contributed by atoms with Crippen LogP contribution in [0.15, 0.2) is 84.3 Å². The summed E-state index contributed by atoms with van der Waals surface area (Å²) >= 11 is 5.93. The van der Waals surface area contributed by atoms with Crippen LogP contribution >= 0.6 is 11.6 Å². The maximum atomic E-state index is 15.1. The second-order valence-corrected chi connectivity index (χ2v) is 11.6. The smallest absolute Gasteiger partial charge is 0.264 e. The molecule has 4 rings (SSSR count). The summed E-state index contributed by atoms with van der Waals surface area (Å²) in [7, 11) is -4.46. The number of hydrogen-bond acceptors (Lipinski definition) is 4. The number of halogens is 4. The Kier molecular flexibility index (Phi) is 9.72. The van der Waals surface area contributed by atoms with E-state index in [9.17, 15) is 22.0 Å². The van der Waals surface area contributed by atoms with Crippen molar-refractivity contribution in [2.75, 3.05) is 10.8 Å². The van der Waals surface area contributed by atoms with Crippen LogP contribution in [0.2, 0.25) is 5.02 Å². The fourth-order valence-electron chi connectivity index (χ4n) is 4.49. The van der Waals surface area contributed by atoms with E-state index >= 15 is 4.39 Å². The number of benzene rings is 3. The van der Waals surface area contributed by atoms with Crippen molar-refractivity contribution < 1.29 is 26.4 Å². The normalized spacial score (nSPS) is 12.2. The molecule has 1 N–H and O–H groups in total. The molecular formula is C29H28ClF3N4O3S. The van der Waals surface area contributed by atoms with Gasteiger partial charge in [-0.1, -0.05) is 17.7 Å². The number of sulfonamides is 1. The van der Waals surface area contributed by atoms with Crippen LogP contribution in [-0.4, -0.2) is 30.4 Å². The molecule has 0 saturated carbocycles. The van der Waals surface area contributed by atoms with Crippen molar-refractivity contribution in [1.29, 1.82) is 0 Å². The standard InChI is InChI=1S/C29H28ClF3N4O3S/c1-20(37(28-18-24(32)7-11-27(28)33)41(39,40)25-8-4-22(30)5-9-25)26-10-6-23(31)17-21(26)3-12-29(38)35-13-2-15-36-16-14-34-19-36/h4-11,14,16-20H,2-3,12-13,15H2,1H3,(H,35,38)/t20-/m1/s1. The van der Waals surface area contributed by atoms with E-state index in [0.717, 1.165) is 28.6 Å². The summed E-state index contributed by atoms with van der Waals surface area (Å²) in [5.41, 5.74) is 0.179. The van der Waals surface area contributed by atoms with Gasteiger partial charge in [0.05, 0.1) is 23.0 Å². The Hall–Kier alpha value is -3.83. The van der Waals surface area contributed by atoms with Crippen LogP contribution in [0.5, 0.6) is 0 Å². The van der Waals surface area contributed by atoms with Gasteiger partial charge in [-0.15, -0.1) is 0 Å². The molecule has 216 valence electrons. The highest BCUT2D eigenvalue weighted by atomic mass is 35.5. The van der Waals surface area contributed by atoms with Crippen LogP contribution in [0.3, 0.4) is 0 Å². The number of hydrogen-bond donors (Lipinski definition) is 1. The number of carbonyl (C=O) groups excluding carboxylic acids is 1. The van der Waals surface area contributed by atoms with Crippen molar-refractivity contribution in [2.45, 2.75) is 43.7 Å². The van der Waals surface area contributed by atoms with E-state index in [0.29, 0.717) is 35.7 Å². The molecule has 3 aromatic carbocycles. The Morgan fingerprint density at radius 1 is 1.05 bits per heavy atom. The molecule has 0 fully saturated rings. The lowest BCUT2D eigenvalue weighted by atomic mass is 9.97. The van der Waals surface area contributed by atoms with E-state index in [1.54, 1.807) is 12.5 Å². The first-order valence-electron chi connectivity index (χ1n) is 12.8. The molecule has 7 nitrogen and oxygen atoms in total. The fourth-order valence-corrected chi connectivity index (χ4v) is 6.25. The molecular weight excluding hydrogens is 577 g/mol. The van der Waals surface area contributed by atoms with Crippen molar-refractivity contribution in [3.05, 3.63) is 113 Å². The van der Waals surface area contributed by atoms with E-state index in [-0.39, 0.29) is 23.6 Å². The number of amides is 1. The lowest BCUT2D eigenvalue weighted by Crippen LogP contribution is -2.35. The minimum atomic E-state index is -4.46. The summed E-state index contributed by atoms with van der Waals surface area (Å²) in [4.78, 5) is 16.3. The number of anilines is 1. The van der Waals surface area contributed by atoms with E-state index in [2.05, 4.69) is 10.3 Å². The summed E-state index contributed by atoms with van der Waals surface area (Å²) in [6, 6.07) is 10.4. The molecule has 0 aliphatic carbocycles. The van der Waals surface area contributed by atoms with E-state index in [1.165, 1.54) is 43.3 Å². The van der Waals surface area contributed by atoms with Crippen LogP contribution in [-0.2, 0) is 27.8 Å². The van der Waals surface area contributed by atoms with Gasteiger partial charge in [-0.2, -0.15) is 0 Å². The van der Waals surface area contributed by atoms with Crippen molar-refractivity contribution in [3.8, 4) is 0 Å². The Bertz CT molecular complexity index is 1600. The molecule has 1 heterocycles. The Morgan fingerprint density at radius 2 is 1.76 bits per heavy atom. The van der Waals surface area contributed by atoms with E-state index < -0.39 is 39.2 Å². The molecule has 0 aliphatic heterocycles. The second kappa shape index (κ2) is 13.2. The molecule has 0 aliphatic rings. The van der Waals surface area contributed by atoms with Crippen LogP contribution in [0, 0.1) is 17.5 Å². The first-order valence-corrected chi connectivity index (χ1v) is 14.6. The third-order valence-electron chi connectivity index (χ3n) is 6.52. The molecule has 4 aromatic rings. The van der Waals surface area contributed by atoms with Gasteiger partial charge < -0.3 is 9.88 Å². The van der Waals surface area contributed by atoms with Gasteiger partial charge in [0.25, 0.3) is 10.0 Å².